The molecule has 0 aromatic heterocycles. The predicted octanol–water partition coefficient (Wildman–Crippen LogP) is 20.5. The summed E-state index contributed by atoms with van der Waals surface area (Å²) in [6, 6.07) is 0. The average Bonchev–Trinajstić information content (AvgIpc) is 3.49. The summed E-state index contributed by atoms with van der Waals surface area (Å²) >= 11 is 0. The highest BCUT2D eigenvalue weighted by Gasteiger charge is 2.26. The Hall–Kier alpha value is -5.67. The molecular weight excluding hydrogens is 1050 g/mol. The fraction of sp³-hybridized carbons (Fsp3) is 0.479. The monoisotopic (exact) mass is 1160 g/mol. The number of phosphoric acid groups is 1. The van der Waals surface area contributed by atoms with E-state index in [9.17, 15) is 19.0 Å². The van der Waals surface area contributed by atoms with Gasteiger partial charge in [-0.25, -0.2) is 4.57 Å². The average molecular weight is 1160 g/mol. The molecule has 0 aromatic carbocycles. The van der Waals surface area contributed by atoms with Crippen LogP contribution in [0.2, 0.25) is 0 Å². The number of carbonyl (C=O) groups excluding carboxylic acids is 2. The molecule has 0 spiro atoms. The molecule has 0 bridgehead atoms. The van der Waals surface area contributed by atoms with Gasteiger partial charge < -0.3 is 20.1 Å². The maximum absolute atomic E-state index is 12.7. The minimum absolute atomic E-state index is 0.0286. The molecule has 0 heterocycles. The summed E-state index contributed by atoms with van der Waals surface area (Å²) in [7, 11) is -4.43. The topological polar surface area (TPSA) is 134 Å². The first-order chi connectivity index (χ1) is 40.8. The first kappa shape index (κ1) is 77.3. The van der Waals surface area contributed by atoms with Crippen molar-refractivity contribution in [2.24, 2.45) is 5.73 Å². The highest BCUT2D eigenvalue weighted by molar-refractivity contribution is 7.47. The summed E-state index contributed by atoms with van der Waals surface area (Å²) in [6.07, 6.45) is 103. The number of nitrogens with two attached hydrogens (primary N) is 1. The minimum Gasteiger partial charge on any atom is -0.462 e. The summed E-state index contributed by atoms with van der Waals surface area (Å²) < 4.78 is 33.0. The van der Waals surface area contributed by atoms with Crippen LogP contribution in [0, 0.1) is 0 Å². The first-order valence-electron chi connectivity index (χ1n) is 31.2. The molecule has 460 valence electrons. The summed E-state index contributed by atoms with van der Waals surface area (Å²) in [4.78, 5) is 35.2. The molecule has 9 nitrogen and oxygen atoms in total. The van der Waals surface area contributed by atoms with Gasteiger partial charge in [-0.1, -0.05) is 252 Å². The molecular formula is C73H110NO8P. The van der Waals surface area contributed by atoms with Gasteiger partial charge in [0.2, 0.25) is 0 Å². The summed E-state index contributed by atoms with van der Waals surface area (Å²) in [5.41, 5.74) is 5.38. The lowest BCUT2D eigenvalue weighted by atomic mass is 10.1. The molecule has 0 saturated heterocycles. The van der Waals surface area contributed by atoms with E-state index in [2.05, 4.69) is 227 Å². The quantitative estimate of drug-likeness (QED) is 0.0264. The highest BCUT2D eigenvalue weighted by Crippen LogP contribution is 2.43. The van der Waals surface area contributed by atoms with E-state index in [1.54, 1.807) is 0 Å². The van der Waals surface area contributed by atoms with Gasteiger partial charge in [-0.2, -0.15) is 0 Å². The fourth-order valence-electron chi connectivity index (χ4n) is 7.33. The molecule has 0 aliphatic carbocycles. The van der Waals surface area contributed by atoms with Crippen molar-refractivity contribution in [2.75, 3.05) is 26.4 Å². The molecule has 0 saturated carbocycles. The Kier molecular flexibility index (Phi) is 61.0. The lowest BCUT2D eigenvalue weighted by molar-refractivity contribution is -0.161. The van der Waals surface area contributed by atoms with Crippen molar-refractivity contribution in [3.05, 3.63) is 219 Å². The Bertz CT molecular complexity index is 2150. The van der Waals surface area contributed by atoms with E-state index in [1.807, 2.05) is 6.08 Å². The van der Waals surface area contributed by atoms with Crippen LogP contribution in [0.3, 0.4) is 0 Å². The molecule has 10 heteroatoms. The van der Waals surface area contributed by atoms with Crippen molar-refractivity contribution in [1.82, 2.24) is 0 Å². The molecule has 0 amide bonds. The van der Waals surface area contributed by atoms with E-state index >= 15 is 0 Å². The zero-order chi connectivity index (χ0) is 60.1. The normalized spacial score (nSPS) is 14.5. The number of ether oxygens (including phenoxy) is 2. The Morgan fingerprint density at radius 3 is 0.964 bits per heavy atom. The third kappa shape index (κ3) is 65.4. The first-order valence-corrected chi connectivity index (χ1v) is 32.7. The number of esters is 2. The zero-order valence-corrected chi connectivity index (χ0v) is 52.2. The lowest BCUT2D eigenvalue weighted by Crippen LogP contribution is -2.29. The van der Waals surface area contributed by atoms with Gasteiger partial charge in [0, 0.05) is 19.4 Å². The van der Waals surface area contributed by atoms with E-state index in [1.165, 1.54) is 0 Å². The zero-order valence-electron chi connectivity index (χ0n) is 51.3. The molecule has 0 aliphatic rings. The van der Waals surface area contributed by atoms with E-state index in [0.717, 1.165) is 148 Å². The van der Waals surface area contributed by atoms with Crippen LogP contribution in [0.15, 0.2) is 219 Å². The molecule has 0 rings (SSSR count). The van der Waals surface area contributed by atoms with Crippen LogP contribution in [0.25, 0.3) is 0 Å². The second-order valence-corrected chi connectivity index (χ2v) is 20.9. The van der Waals surface area contributed by atoms with E-state index < -0.39 is 32.5 Å². The summed E-state index contributed by atoms with van der Waals surface area (Å²) in [5, 5.41) is 0. The van der Waals surface area contributed by atoms with E-state index in [4.69, 9.17) is 24.3 Å². The van der Waals surface area contributed by atoms with Gasteiger partial charge in [0.25, 0.3) is 0 Å². The number of hydrogen-bond donors (Lipinski definition) is 2. The molecule has 0 radical (unpaired) electrons. The van der Waals surface area contributed by atoms with Gasteiger partial charge >= 0.3 is 19.8 Å². The van der Waals surface area contributed by atoms with Gasteiger partial charge in [0.05, 0.1) is 13.2 Å². The molecule has 0 aromatic rings. The third-order valence-electron chi connectivity index (χ3n) is 11.9. The van der Waals surface area contributed by atoms with Crippen molar-refractivity contribution >= 4 is 19.8 Å². The number of carbonyl (C=O) groups is 2. The lowest BCUT2D eigenvalue weighted by Gasteiger charge is -2.19. The van der Waals surface area contributed by atoms with Gasteiger partial charge in [0.1, 0.15) is 6.61 Å². The maximum atomic E-state index is 12.7. The molecule has 83 heavy (non-hydrogen) atoms. The smallest absolute Gasteiger partial charge is 0.462 e. The molecule has 0 aliphatic heterocycles. The Balaban J connectivity index is 4.19. The van der Waals surface area contributed by atoms with Crippen molar-refractivity contribution in [3.8, 4) is 0 Å². The van der Waals surface area contributed by atoms with Crippen LogP contribution in [0.5, 0.6) is 0 Å². The predicted molar refractivity (Wildman–Crippen MR) is 357 cm³/mol. The molecule has 3 N–H and O–H groups in total. The largest absolute Gasteiger partial charge is 0.472 e. The fourth-order valence-corrected chi connectivity index (χ4v) is 8.10. The molecule has 0 fully saturated rings. The second kappa shape index (κ2) is 65.5. The SMILES string of the molecule is CC/C=C\C/C=C\C/C=C\C/C=C\C/C=C\C/C=C\C/C=C\C/C=C\C/C=C\CCCCCCCC(=O)OC(COC(=O)CCC/C=C\C/C=C\C/C=C\C/C=C\C/C=C\C/C=C\C/C=C\C/C=C\C/C=C\CC)COP(=O)(O)OCCN. The third-order valence-corrected chi connectivity index (χ3v) is 12.8. The number of allylic oxidation sites excluding steroid dienone is 36. The number of hydrogen-bond acceptors (Lipinski definition) is 8. The van der Waals surface area contributed by atoms with Gasteiger partial charge in [-0.05, 0) is 148 Å². The van der Waals surface area contributed by atoms with Crippen LogP contribution in [0.1, 0.15) is 194 Å². The van der Waals surface area contributed by atoms with Crippen molar-refractivity contribution in [1.29, 1.82) is 0 Å². The van der Waals surface area contributed by atoms with Gasteiger partial charge in [-0.3, -0.25) is 18.6 Å². The maximum Gasteiger partial charge on any atom is 0.472 e. The highest BCUT2D eigenvalue weighted by atomic mass is 31.2. The van der Waals surface area contributed by atoms with Gasteiger partial charge in [0.15, 0.2) is 6.10 Å². The van der Waals surface area contributed by atoms with Crippen LogP contribution < -0.4 is 5.73 Å². The second-order valence-electron chi connectivity index (χ2n) is 19.5. The Labute approximate surface area is 505 Å². The number of rotatable bonds is 55. The van der Waals surface area contributed by atoms with Crippen molar-refractivity contribution < 1.29 is 37.6 Å². The van der Waals surface area contributed by atoms with Gasteiger partial charge in [-0.15, -0.1) is 0 Å². The standard InChI is InChI=1S/C73H110NO8P/c1-3-5-7-9-11-13-15-17-19-21-23-25-27-29-31-33-34-35-36-38-40-42-44-46-48-50-52-54-56-58-60-62-64-66-73(76)82-71(70-81-83(77,78)80-68-67-74)69-79-72(75)65-63-61-59-57-55-53-51-49-47-45-43-41-39-37-32-30-28-26-24-22-20-18-16-14-12-10-8-6-4-2/h5-8,11-14,17-20,23-26,29-32,34-35,38-41,44-47,50-53,57,59,71H,3-4,9-10,15-16,21-22,27-28,33,36-37,42-43,48-49,54-56,58,60-70,74H2,1-2H3,(H,77,78)/b7-5-,8-6-,13-11-,14-12-,19-17-,20-18-,25-23-,26-24-,31-29-,32-30-,35-34-,40-38-,41-39-,46-44-,47-45-,52-50-,53-51-,59-57-. The van der Waals surface area contributed by atoms with Crippen molar-refractivity contribution in [2.45, 2.75) is 200 Å². The van der Waals surface area contributed by atoms with Crippen LogP contribution in [-0.2, 0) is 32.7 Å². The Morgan fingerprint density at radius 1 is 0.361 bits per heavy atom. The molecule has 2 atom stereocenters. The number of phosphoric ester groups is 1. The van der Waals surface area contributed by atoms with Crippen LogP contribution in [-0.4, -0.2) is 49.3 Å². The molecule has 2 unspecified atom stereocenters. The van der Waals surface area contributed by atoms with Crippen LogP contribution in [0.4, 0.5) is 0 Å². The summed E-state index contributed by atoms with van der Waals surface area (Å²) in [6.45, 7) is 3.38. The van der Waals surface area contributed by atoms with E-state index in [-0.39, 0.29) is 32.6 Å². The van der Waals surface area contributed by atoms with Crippen molar-refractivity contribution in [3.63, 3.8) is 0 Å². The number of unbranched alkanes of at least 4 members (excludes halogenated alkanes) is 6. The summed E-state index contributed by atoms with van der Waals surface area (Å²) in [5.74, 6) is -0.942. The Morgan fingerprint density at radius 2 is 0.639 bits per heavy atom. The van der Waals surface area contributed by atoms with Crippen LogP contribution >= 0.6 is 7.82 Å². The minimum atomic E-state index is -4.43. The van der Waals surface area contributed by atoms with E-state index in [0.29, 0.717) is 19.3 Å².